The summed E-state index contributed by atoms with van der Waals surface area (Å²) in [6.45, 7) is 2.97. The van der Waals surface area contributed by atoms with Crippen LogP contribution in [0.15, 0.2) is 33.8 Å². The first-order valence-electron chi connectivity index (χ1n) is 7.27. The molecule has 0 atom stereocenters. The lowest BCUT2D eigenvalue weighted by molar-refractivity contribution is 0.185. The van der Waals surface area contributed by atoms with Gasteiger partial charge in [-0.05, 0) is 24.3 Å². The Morgan fingerprint density at radius 2 is 1.96 bits per heavy atom. The molecule has 0 spiro atoms. The molecule has 24 heavy (non-hydrogen) atoms. The van der Waals surface area contributed by atoms with E-state index in [0.29, 0.717) is 35.7 Å². The second-order valence-electron chi connectivity index (χ2n) is 4.96. The number of halogens is 1. The smallest absolute Gasteiger partial charge is 0.226 e. The van der Waals surface area contributed by atoms with Crippen LogP contribution >= 0.6 is 23.4 Å². The summed E-state index contributed by atoms with van der Waals surface area (Å²) in [6.07, 6.45) is 0. The van der Waals surface area contributed by atoms with Gasteiger partial charge in [-0.3, -0.25) is 4.57 Å². The van der Waals surface area contributed by atoms with E-state index in [0.717, 1.165) is 16.5 Å². The summed E-state index contributed by atoms with van der Waals surface area (Å²) in [4.78, 5) is 0. The fourth-order valence-electron chi connectivity index (χ4n) is 2.11. The van der Waals surface area contributed by atoms with Crippen LogP contribution in [0.1, 0.15) is 11.8 Å². The Labute approximate surface area is 148 Å². The number of benzene rings is 1. The van der Waals surface area contributed by atoms with Gasteiger partial charge in [0, 0.05) is 24.6 Å². The van der Waals surface area contributed by atoms with Crippen LogP contribution in [0.2, 0.25) is 5.02 Å². The minimum Gasteiger partial charge on any atom is -0.425 e. The minimum atomic E-state index is 0.534. The van der Waals surface area contributed by atoms with E-state index in [-0.39, 0.29) is 0 Å². The van der Waals surface area contributed by atoms with Gasteiger partial charge in [0.25, 0.3) is 0 Å². The Morgan fingerprint density at radius 3 is 2.62 bits per heavy atom. The zero-order valence-corrected chi connectivity index (χ0v) is 14.8. The van der Waals surface area contributed by atoms with Crippen molar-refractivity contribution in [3.05, 3.63) is 41.1 Å². The number of nitrogens with zero attached hydrogens (tertiary/aromatic N) is 5. The first-order chi connectivity index (χ1) is 11.7. The Hall–Kier alpha value is -1.90. The fraction of sp³-hybridized carbons (Fsp3) is 0.333. The molecule has 0 saturated carbocycles. The van der Waals surface area contributed by atoms with Gasteiger partial charge in [-0.2, -0.15) is 0 Å². The highest BCUT2D eigenvalue weighted by Gasteiger charge is 2.15. The van der Waals surface area contributed by atoms with Crippen LogP contribution in [-0.2, 0) is 17.0 Å². The Balaban J connectivity index is 1.84. The van der Waals surface area contributed by atoms with Gasteiger partial charge >= 0.3 is 0 Å². The van der Waals surface area contributed by atoms with E-state index < -0.39 is 0 Å². The lowest BCUT2D eigenvalue weighted by Gasteiger charge is -2.09. The van der Waals surface area contributed by atoms with Crippen molar-refractivity contribution >= 4 is 23.4 Å². The van der Waals surface area contributed by atoms with Crippen LogP contribution in [0.25, 0.3) is 11.4 Å². The molecule has 0 unspecified atom stereocenters. The summed E-state index contributed by atoms with van der Waals surface area (Å²) < 4.78 is 12.6. The van der Waals surface area contributed by atoms with E-state index >= 15 is 0 Å². The molecule has 7 nitrogen and oxygen atoms in total. The summed E-state index contributed by atoms with van der Waals surface area (Å²) in [6, 6.07) is 7.51. The number of aryl methyl sites for hydroxylation is 1. The van der Waals surface area contributed by atoms with Gasteiger partial charge in [-0.25, -0.2) is 0 Å². The van der Waals surface area contributed by atoms with Crippen LogP contribution < -0.4 is 0 Å². The van der Waals surface area contributed by atoms with Crippen LogP contribution in [0.3, 0.4) is 0 Å². The first kappa shape index (κ1) is 16.9. The molecule has 0 bridgehead atoms. The molecule has 0 aliphatic carbocycles. The van der Waals surface area contributed by atoms with Crippen LogP contribution in [0.5, 0.6) is 0 Å². The van der Waals surface area contributed by atoms with E-state index in [9.17, 15) is 0 Å². The molecule has 2 aromatic heterocycles. The summed E-state index contributed by atoms with van der Waals surface area (Å²) in [5.41, 5.74) is 0.948. The molecule has 0 radical (unpaired) electrons. The number of hydrogen-bond donors (Lipinski definition) is 0. The first-order valence-corrected chi connectivity index (χ1v) is 8.63. The van der Waals surface area contributed by atoms with Crippen LogP contribution in [0, 0.1) is 6.92 Å². The molecule has 0 saturated heterocycles. The summed E-state index contributed by atoms with van der Waals surface area (Å²) in [5.74, 6) is 2.42. The van der Waals surface area contributed by atoms with E-state index in [1.807, 2.05) is 28.8 Å². The largest absolute Gasteiger partial charge is 0.425 e. The summed E-state index contributed by atoms with van der Waals surface area (Å²) >= 11 is 7.45. The lowest BCUT2D eigenvalue weighted by atomic mass is 10.2. The molecule has 0 amide bonds. The standard InChI is InChI=1S/C15H16ClN5O2S/c1-10-17-18-13(23-10)9-24-15-20-19-14(21(15)7-8-22-2)11-3-5-12(16)6-4-11/h3-6H,7-9H2,1-2H3. The molecule has 126 valence electrons. The molecule has 0 N–H and O–H groups in total. The highest BCUT2D eigenvalue weighted by molar-refractivity contribution is 7.98. The van der Waals surface area contributed by atoms with Gasteiger partial charge in [-0.1, -0.05) is 23.4 Å². The predicted octanol–water partition coefficient (Wildman–Crippen LogP) is 3.23. The van der Waals surface area contributed by atoms with Gasteiger partial charge in [0.1, 0.15) is 0 Å². The highest BCUT2D eigenvalue weighted by atomic mass is 35.5. The van der Waals surface area contributed by atoms with Crippen LogP contribution in [-0.4, -0.2) is 38.7 Å². The molecule has 2 heterocycles. The van der Waals surface area contributed by atoms with Gasteiger partial charge in [0.2, 0.25) is 11.8 Å². The van der Waals surface area contributed by atoms with Crippen molar-refractivity contribution in [2.45, 2.75) is 24.4 Å². The molecule has 0 aliphatic heterocycles. The number of ether oxygens (including phenoxy) is 1. The molecule has 0 fully saturated rings. The maximum Gasteiger partial charge on any atom is 0.226 e. The van der Waals surface area contributed by atoms with E-state index in [2.05, 4.69) is 20.4 Å². The van der Waals surface area contributed by atoms with Crippen molar-refractivity contribution < 1.29 is 9.15 Å². The van der Waals surface area contributed by atoms with Crippen molar-refractivity contribution in [3.8, 4) is 11.4 Å². The maximum atomic E-state index is 5.96. The molecule has 3 rings (SSSR count). The zero-order chi connectivity index (χ0) is 16.9. The molecule has 1 aromatic carbocycles. The number of rotatable bonds is 7. The van der Waals surface area contributed by atoms with E-state index in [1.165, 1.54) is 11.8 Å². The average molecular weight is 366 g/mol. The molecular formula is C15H16ClN5O2S. The Kier molecular flexibility index (Phi) is 5.49. The summed E-state index contributed by atoms with van der Waals surface area (Å²) in [5, 5.41) is 17.9. The van der Waals surface area contributed by atoms with Crippen LogP contribution in [0.4, 0.5) is 0 Å². The second-order valence-corrected chi connectivity index (χ2v) is 6.34. The monoisotopic (exact) mass is 365 g/mol. The maximum absolute atomic E-state index is 5.96. The molecule has 3 aromatic rings. The summed E-state index contributed by atoms with van der Waals surface area (Å²) in [7, 11) is 1.67. The number of thioether (sulfide) groups is 1. The van der Waals surface area contributed by atoms with Crippen molar-refractivity contribution in [1.82, 2.24) is 25.0 Å². The quantitative estimate of drug-likeness (QED) is 0.594. The van der Waals surface area contributed by atoms with Crippen molar-refractivity contribution in [3.63, 3.8) is 0 Å². The normalized spacial score (nSPS) is 11.1. The second kappa shape index (κ2) is 7.78. The van der Waals surface area contributed by atoms with E-state index in [4.69, 9.17) is 20.8 Å². The number of hydrogen-bond acceptors (Lipinski definition) is 7. The number of aromatic nitrogens is 5. The van der Waals surface area contributed by atoms with E-state index in [1.54, 1.807) is 14.0 Å². The highest BCUT2D eigenvalue weighted by Crippen LogP contribution is 2.26. The fourth-order valence-corrected chi connectivity index (χ4v) is 3.04. The lowest BCUT2D eigenvalue weighted by Crippen LogP contribution is -2.07. The van der Waals surface area contributed by atoms with Crippen molar-refractivity contribution in [2.24, 2.45) is 0 Å². The topological polar surface area (TPSA) is 78.9 Å². The van der Waals surface area contributed by atoms with Gasteiger partial charge < -0.3 is 9.15 Å². The average Bonchev–Trinajstić information content (AvgIpc) is 3.17. The molecular weight excluding hydrogens is 350 g/mol. The third-order valence-electron chi connectivity index (χ3n) is 3.23. The van der Waals surface area contributed by atoms with Gasteiger partial charge in [0.05, 0.1) is 18.9 Å². The predicted molar refractivity (Wildman–Crippen MR) is 90.9 cm³/mol. The third-order valence-corrected chi connectivity index (χ3v) is 4.43. The Bertz CT molecular complexity index is 803. The number of methoxy groups -OCH3 is 1. The van der Waals surface area contributed by atoms with Gasteiger partial charge in [0.15, 0.2) is 11.0 Å². The Morgan fingerprint density at radius 1 is 1.17 bits per heavy atom. The molecule has 0 aliphatic rings. The van der Waals surface area contributed by atoms with Gasteiger partial charge in [-0.15, -0.1) is 20.4 Å². The third kappa shape index (κ3) is 3.95. The molecule has 9 heteroatoms. The minimum absolute atomic E-state index is 0.534. The van der Waals surface area contributed by atoms with Crippen molar-refractivity contribution in [2.75, 3.05) is 13.7 Å². The zero-order valence-electron chi connectivity index (χ0n) is 13.3. The van der Waals surface area contributed by atoms with Crippen molar-refractivity contribution in [1.29, 1.82) is 0 Å². The SMILES string of the molecule is COCCn1c(SCc2nnc(C)o2)nnc1-c1ccc(Cl)cc1.